The molecule has 2 N–H and O–H groups in total. The SMILES string of the molecule is COc1ccccc1C(=O)NCCNS(=O)(=O)N(C)C. The molecular weight excluding hydrogens is 282 g/mol. The van der Waals surface area contributed by atoms with Crippen LogP contribution in [0.25, 0.3) is 0 Å². The fourth-order valence-corrected chi connectivity index (χ4v) is 2.03. The molecule has 7 nitrogen and oxygen atoms in total. The maximum atomic E-state index is 11.9. The zero-order valence-electron chi connectivity index (χ0n) is 11.7. The summed E-state index contributed by atoms with van der Waals surface area (Å²) in [6.45, 7) is 0.297. The van der Waals surface area contributed by atoms with E-state index < -0.39 is 10.2 Å². The molecule has 0 aliphatic carbocycles. The van der Waals surface area contributed by atoms with Crippen molar-refractivity contribution in [3.63, 3.8) is 0 Å². The van der Waals surface area contributed by atoms with Gasteiger partial charge in [-0.05, 0) is 12.1 Å². The maximum Gasteiger partial charge on any atom is 0.278 e. The molecule has 20 heavy (non-hydrogen) atoms. The van der Waals surface area contributed by atoms with Crippen molar-refractivity contribution in [2.24, 2.45) is 0 Å². The fourth-order valence-electron chi connectivity index (χ4n) is 1.41. The molecule has 1 aromatic carbocycles. The summed E-state index contributed by atoms with van der Waals surface area (Å²) in [5.74, 6) is 0.158. The predicted molar refractivity (Wildman–Crippen MR) is 75.9 cm³/mol. The van der Waals surface area contributed by atoms with Gasteiger partial charge >= 0.3 is 0 Å². The van der Waals surface area contributed by atoms with Gasteiger partial charge in [0.2, 0.25) is 0 Å². The van der Waals surface area contributed by atoms with Crippen molar-refractivity contribution in [3.05, 3.63) is 29.8 Å². The van der Waals surface area contributed by atoms with E-state index in [0.717, 1.165) is 4.31 Å². The van der Waals surface area contributed by atoms with Crippen LogP contribution in [0, 0.1) is 0 Å². The molecule has 0 aromatic heterocycles. The summed E-state index contributed by atoms with van der Waals surface area (Å²) in [4.78, 5) is 11.9. The lowest BCUT2D eigenvalue weighted by Gasteiger charge is -2.13. The minimum Gasteiger partial charge on any atom is -0.496 e. The van der Waals surface area contributed by atoms with Gasteiger partial charge in [0, 0.05) is 27.2 Å². The zero-order chi connectivity index (χ0) is 15.2. The van der Waals surface area contributed by atoms with Gasteiger partial charge in [-0.3, -0.25) is 4.79 Å². The largest absolute Gasteiger partial charge is 0.496 e. The highest BCUT2D eigenvalue weighted by molar-refractivity contribution is 7.87. The Morgan fingerprint density at radius 2 is 1.90 bits per heavy atom. The first-order valence-electron chi connectivity index (χ1n) is 5.97. The van der Waals surface area contributed by atoms with Gasteiger partial charge in [0.1, 0.15) is 5.75 Å². The molecule has 0 unspecified atom stereocenters. The number of ether oxygens (including phenoxy) is 1. The lowest BCUT2D eigenvalue weighted by molar-refractivity contribution is 0.0951. The first kappa shape index (κ1) is 16.4. The van der Waals surface area contributed by atoms with Crippen LogP contribution >= 0.6 is 0 Å². The zero-order valence-corrected chi connectivity index (χ0v) is 12.5. The van der Waals surface area contributed by atoms with E-state index in [4.69, 9.17) is 4.74 Å². The number of carbonyl (C=O) groups is 1. The average molecular weight is 301 g/mol. The summed E-state index contributed by atoms with van der Waals surface area (Å²) in [5.41, 5.74) is 0.408. The molecule has 0 spiro atoms. The molecule has 0 heterocycles. The Balaban J connectivity index is 2.49. The van der Waals surface area contributed by atoms with Gasteiger partial charge in [-0.25, -0.2) is 4.72 Å². The molecule has 0 radical (unpaired) electrons. The average Bonchev–Trinajstić information content (AvgIpc) is 2.43. The first-order valence-corrected chi connectivity index (χ1v) is 7.41. The molecule has 1 aromatic rings. The number of amides is 1. The third-order valence-electron chi connectivity index (χ3n) is 2.53. The van der Waals surface area contributed by atoms with Gasteiger partial charge in [-0.15, -0.1) is 0 Å². The molecule has 8 heteroatoms. The number of nitrogens with zero attached hydrogens (tertiary/aromatic N) is 1. The first-order chi connectivity index (χ1) is 9.38. The van der Waals surface area contributed by atoms with Crippen LogP contribution in [-0.2, 0) is 10.2 Å². The Kier molecular flexibility index (Phi) is 5.93. The minimum atomic E-state index is -3.47. The third-order valence-corrected chi connectivity index (χ3v) is 4.06. The summed E-state index contributed by atoms with van der Waals surface area (Å²) in [6.07, 6.45) is 0. The minimum absolute atomic E-state index is 0.113. The molecule has 0 aliphatic rings. The second-order valence-electron chi connectivity index (χ2n) is 4.14. The predicted octanol–water partition coefficient (Wildman–Crippen LogP) is -0.179. The molecule has 0 saturated heterocycles. The molecular formula is C12H19N3O4S. The summed E-state index contributed by atoms with van der Waals surface area (Å²) in [7, 11) is 0.870. The number of carbonyl (C=O) groups excluding carboxylic acids is 1. The standard InChI is InChI=1S/C12H19N3O4S/c1-15(2)20(17,18)14-9-8-13-12(16)10-6-4-5-7-11(10)19-3/h4-7,14H,8-9H2,1-3H3,(H,13,16). The van der Waals surface area contributed by atoms with E-state index in [1.54, 1.807) is 24.3 Å². The maximum absolute atomic E-state index is 11.9. The van der Waals surface area contributed by atoms with Gasteiger partial charge < -0.3 is 10.1 Å². The Bertz CT molecular complexity index is 558. The van der Waals surface area contributed by atoms with Crippen LogP contribution in [-0.4, -0.2) is 52.9 Å². The molecule has 0 saturated carbocycles. The Labute approximate surface area is 119 Å². The van der Waals surface area contributed by atoms with Crippen LogP contribution in [0.15, 0.2) is 24.3 Å². The third kappa shape index (κ3) is 4.48. The fraction of sp³-hybridized carbons (Fsp3) is 0.417. The molecule has 0 bridgehead atoms. The van der Waals surface area contributed by atoms with E-state index in [2.05, 4.69) is 10.0 Å². The van der Waals surface area contributed by atoms with Crippen molar-refractivity contribution in [2.75, 3.05) is 34.3 Å². The van der Waals surface area contributed by atoms with Gasteiger partial charge in [0.05, 0.1) is 12.7 Å². The summed E-state index contributed by atoms with van der Waals surface area (Å²) in [5, 5.41) is 2.62. The van der Waals surface area contributed by atoms with E-state index in [1.807, 2.05) is 0 Å². The van der Waals surface area contributed by atoms with E-state index in [9.17, 15) is 13.2 Å². The van der Waals surface area contributed by atoms with Crippen LogP contribution in [0.2, 0.25) is 0 Å². The van der Waals surface area contributed by atoms with Crippen molar-refractivity contribution in [1.82, 2.24) is 14.3 Å². The van der Waals surface area contributed by atoms with E-state index >= 15 is 0 Å². The van der Waals surface area contributed by atoms with Crippen LogP contribution in [0.3, 0.4) is 0 Å². The van der Waals surface area contributed by atoms with E-state index in [0.29, 0.717) is 11.3 Å². The van der Waals surface area contributed by atoms with Crippen molar-refractivity contribution >= 4 is 16.1 Å². The topological polar surface area (TPSA) is 87.7 Å². The Morgan fingerprint density at radius 1 is 1.25 bits per heavy atom. The molecule has 0 aliphatic heterocycles. The number of para-hydroxylation sites is 1. The van der Waals surface area contributed by atoms with E-state index in [1.165, 1.54) is 21.2 Å². The molecule has 0 atom stereocenters. The monoisotopic (exact) mass is 301 g/mol. The number of hydrogen-bond acceptors (Lipinski definition) is 4. The van der Waals surface area contributed by atoms with Crippen molar-refractivity contribution in [3.8, 4) is 5.75 Å². The van der Waals surface area contributed by atoms with Gasteiger partial charge in [-0.1, -0.05) is 12.1 Å². The number of rotatable bonds is 7. The lowest BCUT2D eigenvalue weighted by Crippen LogP contribution is -2.40. The van der Waals surface area contributed by atoms with Gasteiger partial charge in [-0.2, -0.15) is 12.7 Å². The second kappa shape index (κ2) is 7.22. The second-order valence-corrected chi connectivity index (χ2v) is 6.11. The van der Waals surface area contributed by atoms with Crippen molar-refractivity contribution in [1.29, 1.82) is 0 Å². The molecule has 0 fully saturated rings. The Morgan fingerprint density at radius 3 is 2.50 bits per heavy atom. The molecule has 1 amide bonds. The quantitative estimate of drug-likeness (QED) is 0.684. The summed E-state index contributed by atoms with van der Waals surface area (Å²) >= 11 is 0. The highest BCUT2D eigenvalue weighted by atomic mass is 32.2. The van der Waals surface area contributed by atoms with Crippen molar-refractivity contribution < 1.29 is 17.9 Å². The van der Waals surface area contributed by atoms with Crippen LogP contribution in [0.1, 0.15) is 10.4 Å². The number of methoxy groups -OCH3 is 1. The number of benzene rings is 1. The van der Waals surface area contributed by atoms with Crippen LogP contribution < -0.4 is 14.8 Å². The number of hydrogen-bond donors (Lipinski definition) is 2. The Hall–Kier alpha value is -1.64. The lowest BCUT2D eigenvalue weighted by atomic mass is 10.2. The van der Waals surface area contributed by atoms with Crippen molar-refractivity contribution in [2.45, 2.75) is 0 Å². The van der Waals surface area contributed by atoms with Crippen LogP contribution in [0.5, 0.6) is 5.75 Å². The number of nitrogens with one attached hydrogen (secondary N) is 2. The molecule has 1 rings (SSSR count). The summed E-state index contributed by atoms with van der Waals surface area (Å²) in [6, 6.07) is 6.81. The highest BCUT2D eigenvalue weighted by Gasteiger charge is 2.13. The van der Waals surface area contributed by atoms with Gasteiger partial charge in [0.25, 0.3) is 16.1 Å². The normalized spacial score (nSPS) is 11.4. The smallest absolute Gasteiger partial charge is 0.278 e. The van der Waals surface area contributed by atoms with E-state index in [-0.39, 0.29) is 19.0 Å². The highest BCUT2D eigenvalue weighted by Crippen LogP contribution is 2.16. The van der Waals surface area contributed by atoms with Gasteiger partial charge in [0.15, 0.2) is 0 Å². The van der Waals surface area contributed by atoms with Crippen LogP contribution in [0.4, 0.5) is 0 Å². The molecule has 112 valence electrons. The summed E-state index contributed by atoms with van der Waals surface area (Å²) < 4.78 is 31.3.